The first kappa shape index (κ1) is 19.2. The van der Waals surface area contributed by atoms with Crippen LogP contribution in [-0.4, -0.2) is 19.5 Å². The second-order valence-electron chi connectivity index (χ2n) is 5.68. The van der Waals surface area contributed by atoms with Gasteiger partial charge in [0, 0.05) is 13.0 Å². The number of nitrogens with one attached hydrogen (secondary N) is 2. The fourth-order valence-corrected chi connectivity index (χ4v) is 2.53. The largest absolute Gasteiger partial charge is 0.345 e. The maximum Gasteiger partial charge on any atom is 0.222 e. The fraction of sp³-hybridized carbons (Fsp3) is 0.316. The van der Waals surface area contributed by atoms with E-state index in [0.29, 0.717) is 13.0 Å². The van der Waals surface area contributed by atoms with Gasteiger partial charge < -0.3 is 10.6 Å². The number of benzene rings is 2. The third kappa shape index (κ3) is 5.70. The second kappa shape index (κ2) is 9.33. The summed E-state index contributed by atoms with van der Waals surface area (Å²) in [5, 5.41) is 6.17. The van der Waals surface area contributed by atoms with Gasteiger partial charge in [-0.3, -0.25) is 4.79 Å². The summed E-state index contributed by atoms with van der Waals surface area (Å²) < 4.78 is 0. The first-order valence-corrected chi connectivity index (χ1v) is 7.67. The van der Waals surface area contributed by atoms with Gasteiger partial charge in [0.2, 0.25) is 5.91 Å². The molecule has 0 aliphatic heterocycles. The van der Waals surface area contributed by atoms with Crippen LogP contribution in [0.2, 0.25) is 0 Å². The van der Waals surface area contributed by atoms with Gasteiger partial charge in [0.1, 0.15) is 0 Å². The first-order chi connectivity index (χ1) is 10.6. The van der Waals surface area contributed by atoms with Crippen LogP contribution < -0.4 is 10.6 Å². The molecule has 4 heteroatoms. The van der Waals surface area contributed by atoms with Crippen LogP contribution in [0, 0.1) is 13.8 Å². The zero-order valence-corrected chi connectivity index (χ0v) is 14.7. The summed E-state index contributed by atoms with van der Waals surface area (Å²) in [6.07, 6.45) is 0.477. The molecule has 124 valence electrons. The number of rotatable bonds is 6. The van der Waals surface area contributed by atoms with Gasteiger partial charge in [-0.2, -0.15) is 0 Å². The topological polar surface area (TPSA) is 41.1 Å². The molecule has 2 rings (SSSR count). The van der Waals surface area contributed by atoms with Crippen LogP contribution in [0.4, 0.5) is 0 Å². The van der Waals surface area contributed by atoms with Crippen molar-refractivity contribution < 1.29 is 4.79 Å². The molecule has 0 aromatic heterocycles. The molecule has 0 spiro atoms. The molecule has 2 aromatic carbocycles. The Balaban J connectivity index is 0.00000264. The SMILES string of the molecule is CNCCC(=O)NC(c1cccc(C)c1)c1cccc(C)c1.Cl. The molecule has 0 aliphatic rings. The van der Waals surface area contributed by atoms with Crippen LogP contribution in [0.1, 0.15) is 34.7 Å². The summed E-state index contributed by atoms with van der Waals surface area (Å²) in [6, 6.07) is 16.5. The van der Waals surface area contributed by atoms with E-state index in [1.807, 2.05) is 19.2 Å². The van der Waals surface area contributed by atoms with Gasteiger partial charge in [-0.1, -0.05) is 59.7 Å². The van der Waals surface area contributed by atoms with E-state index in [4.69, 9.17) is 0 Å². The number of amides is 1. The van der Waals surface area contributed by atoms with Gasteiger partial charge in [0.25, 0.3) is 0 Å². The maximum atomic E-state index is 12.2. The maximum absolute atomic E-state index is 12.2. The quantitative estimate of drug-likeness (QED) is 0.849. The average Bonchev–Trinajstić information content (AvgIpc) is 2.50. The van der Waals surface area contributed by atoms with E-state index in [1.165, 1.54) is 11.1 Å². The molecule has 0 bridgehead atoms. The molecule has 0 saturated carbocycles. The van der Waals surface area contributed by atoms with E-state index in [2.05, 4.69) is 60.9 Å². The van der Waals surface area contributed by atoms with Crippen molar-refractivity contribution in [2.24, 2.45) is 0 Å². The van der Waals surface area contributed by atoms with Gasteiger partial charge in [-0.25, -0.2) is 0 Å². The molecule has 0 aliphatic carbocycles. The normalized spacial score (nSPS) is 10.3. The van der Waals surface area contributed by atoms with Crippen LogP contribution >= 0.6 is 12.4 Å². The number of hydrogen-bond acceptors (Lipinski definition) is 2. The first-order valence-electron chi connectivity index (χ1n) is 7.67. The van der Waals surface area contributed by atoms with Crippen LogP contribution in [0.15, 0.2) is 48.5 Å². The predicted octanol–water partition coefficient (Wildman–Crippen LogP) is 3.54. The van der Waals surface area contributed by atoms with Crippen LogP contribution in [-0.2, 0) is 4.79 Å². The monoisotopic (exact) mass is 332 g/mol. The summed E-state index contributed by atoms with van der Waals surface area (Å²) in [6.45, 7) is 4.82. The lowest BCUT2D eigenvalue weighted by Gasteiger charge is -2.21. The van der Waals surface area contributed by atoms with Crippen molar-refractivity contribution >= 4 is 18.3 Å². The molecule has 1 amide bonds. The van der Waals surface area contributed by atoms with Gasteiger partial charge >= 0.3 is 0 Å². The standard InChI is InChI=1S/C19H24N2O.ClH/c1-14-6-4-8-16(12-14)19(21-18(22)10-11-20-3)17-9-5-7-15(2)13-17;/h4-9,12-13,19-20H,10-11H2,1-3H3,(H,21,22);1H. The fourth-order valence-electron chi connectivity index (χ4n) is 2.53. The Bertz CT molecular complexity index is 597. The minimum absolute atomic E-state index is 0. The Morgan fingerprint density at radius 3 is 1.96 bits per heavy atom. The zero-order chi connectivity index (χ0) is 15.9. The lowest BCUT2D eigenvalue weighted by molar-refractivity contribution is -0.121. The van der Waals surface area contributed by atoms with Crippen molar-refractivity contribution in [2.75, 3.05) is 13.6 Å². The Kier molecular flexibility index (Phi) is 7.79. The van der Waals surface area contributed by atoms with E-state index in [0.717, 1.165) is 11.1 Å². The Morgan fingerprint density at radius 1 is 1.00 bits per heavy atom. The van der Waals surface area contributed by atoms with E-state index < -0.39 is 0 Å². The van der Waals surface area contributed by atoms with Crippen molar-refractivity contribution in [3.8, 4) is 0 Å². The number of carbonyl (C=O) groups is 1. The minimum Gasteiger partial charge on any atom is -0.345 e. The van der Waals surface area contributed by atoms with Crippen molar-refractivity contribution in [3.63, 3.8) is 0 Å². The Labute approximate surface area is 144 Å². The zero-order valence-electron chi connectivity index (χ0n) is 13.9. The summed E-state index contributed by atoms with van der Waals surface area (Å²) >= 11 is 0. The smallest absolute Gasteiger partial charge is 0.222 e. The van der Waals surface area contributed by atoms with Crippen molar-refractivity contribution in [1.82, 2.24) is 10.6 Å². The molecule has 0 saturated heterocycles. The van der Waals surface area contributed by atoms with Crippen molar-refractivity contribution in [2.45, 2.75) is 26.3 Å². The number of hydrogen-bond donors (Lipinski definition) is 2. The summed E-state index contributed by atoms with van der Waals surface area (Å²) in [5.41, 5.74) is 4.62. The average molecular weight is 333 g/mol. The van der Waals surface area contributed by atoms with Crippen LogP contribution in [0.5, 0.6) is 0 Å². The molecule has 2 N–H and O–H groups in total. The molecule has 0 atom stereocenters. The molecule has 0 radical (unpaired) electrons. The molecule has 0 fully saturated rings. The number of aryl methyl sites for hydroxylation is 2. The third-order valence-electron chi connectivity index (χ3n) is 3.66. The molecular weight excluding hydrogens is 308 g/mol. The molecule has 2 aromatic rings. The van der Waals surface area contributed by atoms with Crippen molar-refractivity contribution in [1.29, 1.82) is 0 Å². The number of halogens is 1. The predicted molar refractivity (Wildman–Crippen MR) is 98.1 cm³/mol. The van der Waals surface area contributed by atoms with Gasteiger partial charge in [-0.05, 0) is 32.0 Å². The van der Waals surface area contributed by atoms with E-state index in [1.54, 1.807) is 0 Å². The number of carbonyl (C=O) groups excluding carboxylic acids is 1. The van der Waals surface area contributed by atoms with E-state index in [-0.39, 0.29) is 24.4 Å². The molecule has 0 heterocycles. The highest BCUT2D eigenvalue weighted by molar-refractivity contribution is 5.85. The Morgan fingerprint density at radius 2 is 1.52 bits per heavy atom. The van der Waals surface area contributed by atoms with Gasteiger partial charge in [0.05, 0.1) is 6.04 Å². The summed E-state index contributed by atoms with van der Waals surface area (Å²) in [7, 11) is 1.85. The molecule has 3 nitrogen and oxygen atoms in total. The van der Waals surface area contributed by atoms with E-state index in [9.17, 15) is 4.79 Å². The highest BCUT2D eigenvalue weighted by atomic mass is 35.5. The lowest BCUT2D eigenvalue weighted by Crippen LogP contribution is -2.31. The van der Waals surface area contributed by atoms with E-state index >= 15 is 0 Å². The molecule has 0 unspecified atom stereocenters. The molecule has 23 heavy (non-hydrogen) atoms. The van der Waals surface area contributed by atoms with Crippen molar-refractivity contribution in [3.05, 3.63) is 70.8 Å². The van der Waals surface area contributed by atoms with Crippen LogP contribution in [0.3, 0.4) is 0 Å². The summed E-state index contributed by atoms with van der Waals surface area (Å²) in [5.74, 6) is 0.0577. The summed E-state index contributed by atoms with van der Waals surface area (Å²) in [4.78, 5) is 12.2. The van der Waals surface area contributed by atoms with Crippen LogP contribution in [0.25, 0.3) is 0 Å². The van der Waals surface area contributed by atoms with Gasteiger partial charge in [-0.15, -0.1) is 12.4 Å². The molecular formula is C19H25ClN2O. The highest BCUT2D eigenvalue weighted by Crippen LogP contribution is 2.23. The lowest BCUT2D eigenvalue weighted by atomic mass is 9.96. The highest BCUT2D eigenvalue weighted by Gasteiger charge is 2.16. The Hall–Kier alpha value is -1.84. The second-order valence-corrected chi connectivity index (χ2v) is 5.68. The third-order valence-corrected chi connectivity index (χ3v) is 3.66. The van der Waals surface area contributed by atoms with Gasteiger partial charge in [0.15, 0.2) is 0 Å². The minimum atomic E-state index is -0.107.